The lowest BCUT2D eigenvalue weighted by atomic mass is 10.0. The second kappa shape index (κ2) is 6.61. The molecule has 1 heterocycles. The summed E-state index contributed by atoms with van der Waals surface area (Å²) in [6, 6.07) is 1.98. The number of piperidine rings is 1. The third-order valence-corrected chi connectivity index (χ3v) is 5.71. The Hall–Kier alpha value is -1.03. The standard InChI is InChI=1S/C13H17BrFN3O3S/c1-17-9-3-2-4-18(7-9)13(19)10-5-8(15)6-11(12(10)14)22(16,20)21/h5-6,9,17H,2-4,7H2,1H3,(H2,16,20,21). The number of halogens is 2. The third-order valence-electron chi connectivity index (χ3n) is 3.66. The average molecular weight is 394 g/mol. The minimum atomic E-state index is -4.13. The van der Waals surface area contributed by atoms with Crippen LogP contribution in [0.1, 0.15) is 23.2 Å². The van der Waals surface area contributed by atoms with Crippen molar-refractivity contribution in [3.05, 3.63) is 28.0 Å². The van der Waals surface area contributed by atoms with Gasteiger partial charge in [-0.15, -0.1) is 0 Å². The molecule has 0 spiro atoms. The molecule has 122 valence electrons. The van der Waals surface area contributed by atoms with Crippen LogP contribution in [0, 0.1) is 5.82 Å². The molecule has 1 aromatic carbocycles. The molecule has 1 aliphatic heterocycles. The smallest absolute Gasteiger partial charge is 0.255 e. The summed E-state index contributed by atoms with van der Waals surface area (Å²) in [5.41, 5.74) is -0.0409. The van der Waals surface area contributed by atoms with E-state index in [9.17, 15) is 17.6 Å². The quantitative estimate of drug-likeness (QED) is 0.802. The number of hydrogen-bond donors (Lipinski definition) is 2. The molecule has 1 atom stereocenters. The molecular weight excluding hydrogens is 377 g/mol. The molecule has 0 saturated carbocycles. The average Bonchev–Trinajstić information content (AvgIpc) is 2.47. The Balaban J connectivity index is 2.40. The maximum atomic E-state index is 13.7. The number of primary sulfonamides is 1. The highest BCUT2D eigenvalue weighted by atomic mass is 79.9. The van der Waals surface area contributed by atoms with Crippen molar-refractivity contribution in [2.75, 3.05) is 20.1 Å². The van der Waals surface area contributed by atoms with Gasteiger partial charge >= 0.3 is 0 Å². The van der Waals surface area contributed by atoms with Gasteiger partial charge in [-0.05, 0) is 48.0 Å². The van der Waals surface area contributed by atoms with E-state index in [4.69, 9.17) is 5.14 Å². The molecule has 1 aliphatic rings. The summed E-state index contributed by atoms with van der Waals surface area (Å²) in [5.74, 6) is -1.24. The maximum absolute atomic E-state index is 13.7. The van der Waals surface area contributed by atoms with Crippen molar-refractivity contribution >= 4 is 31.9 Å². The molecule has 1 amide bonds. The van der Waals surface area contributed by atoms with E-state index >= 15 is 0 Å². The number of likely N-dealkylation sites (tertiary alicyclic amines) is 1. The molecule has 0 aliphatic carbocycles. The van der Waals surface area contributed by atoms with Crippen molar-refractivity contribution in [2.24, 2.45) is 5.14 Å². The number of carbonyl (C=O) groups is 1. The second-order valence-electron chi connectivity index (χ2n) is 5.19. The number of nitrogens with one attached hydrogen (secondary N) is 1. The first kappa shape index (κ1) is 17.3. The van der Waals surface area contributed by atoms with E-state index in [1.54, 1.807) is 4.90 Å². The van der Waals surface area contributed by atoms with E-state index < -0.39 is 26.6 Å². The van der Waals surface area contributed by atoms with Gasteiger partial charge < -0.3 is 10.2 Å². The van der Waals surface area contributed by atoms with Gasteiger partial charge in [0.2, 0.25) is 10.0 Å². The molecule has 1 fully saturated rings. The second-order valence-corrected chi connectivity index (χ2v) is 7.51. The van der Waals surface area contributed by atoms with E-state index in [-0.39, 0.29) is 16.1 Å². The maximum Gasteiger partial charge on any atom is 0.255 e. The third kappa shape index (κ3) is 3.65. The normalized spacial score (nSPS) is 19.3. The number of likely N-dealkylation sites (N-methyl/N-ethyl adjacent to an activating group) is 1. The van der Waals surface area contributed by atoms with Gasteiger partial charge in [0, 0.05) is 19.1 Å². The van der Waals surface area contributed by atoms with E-state index in [0.717, 1.165) is 25.0 Å². The zero-order chi connectivity index (χ0) is 16.5. The topological polar surface area (TPSA) is 92.5 Å². The van der Waals surface area contributed by atoms with Crippen molar-refractivity contribution < 1.29 is 17.6 Å². The van der Waals surface area contributed by atoms with Crippen LogP contribution < -0.4 is 10.5 Å². The molecular formula is C13H17BrFN3O3S. The van der Waals surface area contributed by atoms with Crippen LogP contribution in [0.25, 0.3) is 0 Å². The van der Waals surface area contributed by atoms with Crippen molar-refractivity contribution in [1.29, 1.82) is 0 Å². The number of hydrogen-bond acceptors (Lipinski definition) is 4. The number of carbonyl (C=O) groups excluding carboxylic acids is 1. The zero-order valence-corrected chi connectivity index (χ0v) is 14.4. The first-order chi connectivity index (χ1) is 10.2. The Bertz CT molecular complexity index is 696. The van der Waals surface area contributed by atoms with Crippen molar-refractivity contribution in [3.8, 4) is 0 Å². The van der Waals surface area contributed by atoms with Gasteiger partial charge in [0.15, 0.2) is 0 Å². The van der Waals surface area contributed by atoms with Crippen LogP contribution in [-0.4, -0.2) is 45.4 Å². The van der Waals surface area contributed by atoms with E-state index in [0.29, 0.717) is 13.1 Å². The summed E-state index contributed by atoms with van der Waals surface area (Å²) >= 11 is 3.06. The predicted octanol–water partition coefficient (Wildman–Crippen LogP) is 1.06. The van der Waals surface area contributed by atoms with Crippen LogP contribution in [0.4, 0.5) is 4.39 Å². The Morgan fingerprint density at radius 2 is 2.18 bits per heavy atom. The van der Waals surface area contributed by atoms with Crippen molar-refractivity contribution in [1.82, 2.24) is 10.2 Å². The van der Waals surface area contributed by atoms with Gasteiger partial charge in [0.05, 0.1) is 14.9 Å². The first-order valence-electron chi connectivity index (χ1n) is 6.72. The fourth-order valence-electron chi connectivity index (χ4n) is 2.49. The van der Waals surface area contributed by atoms with E-state index in [1.165, 1.54) is 0 Å². The van der Waals surface area contributed by atoms with Gasteiger partial charge in [-0.1, -0.05) is 0 Å². The van der Waals surface area contributed by atoms with Crippen LogP contribution >= 0.6 is 15.9 Å². The number of amides is 1. The van der Waals surface area contributed by atoms with Gasteiger partial charge in [-0.25, -0.2) is 17.9 Å². The minimum Gasteiger partial charge on any atom is -0.337 e. The summed E-state index contributed by atoms with van der Waals surface area (Å²) < 4.78 is 36.7. The highest BCUT2D eigenvalue weighted by molar-refractivity contribution is 9.10. The Morgan fingerprint density at radius 3 is 2.77 bits per heavy atom. The summed E-state index contributed by atoms with van der Waals surface area (Å²) in [6.07, 6.45) is 1.78. The summed E-state index contributed by atoms with van der Waals surface area (Å²) in [4.78, 5) is 13.7. The summed E-state index contributed by atoms with van der Waals surface area (Å²) in [6.45, 7) is 1.04. The molecule has 0 bridgehead atoms. The minimum absolute atomic E-state index is 0.00650. The highest BCUT2D eigenvalue weighted by Crippen LogP contribution is 2.28. The fourth-order valence-corrected chi connectivity index (χ4v) is 4.21. The molecule has 6 nitrogen and oxygen atoms in total. The number of nitrogens with zero attached hydrogens (tertiary/aromatic N) is 1. The Labute approximate surface area is 137 Å². The van der Waals surface area contributed by atoms with Crippen LogP contribution in [0.3, 0.4) is 0 Å². The largest absolute Gasteiger partial charge is 0.337 e. The van der Waals surface area contributed by atoms with Gasteiger partial charge in [-0.2, -0.15) is 0 Å². The lowest BCUT2D eigenvalue weighted by molar-refractivity contribution is 0.0696. The SMILES string of the molecule is CNC1CCCN(C(=O)c2cc(F)cc(S(N)(=O)=O)c2Br)C1. The summed E-state index contributed by atoms with van der Waals surface area (Å²) in [7, 11) is -2.31. The van der Waals surface area contributed by atoms with Gasteiger partial charge in [-0.3, -0.25) is 4.79 Å². The molecule has 2 rings (SSSR count). The van der Waals surface area contributed by atoms with Crippen LogP contribution in [-0.2, 0) is 10.0 Å². The monoisotopic (exact) mass is 393 g/mol. The molecule has 1 aromatic rings. The first-order valence-corrected chi connectivity index (χ1v) is 9.06. The molecule has 0 aromatic heterocycles. The van der Waals surface area contributed by atoms with E-state index in [2.05, 4.69) is 21.2 Å². The van der Waals surface area contributed by atoms with Gasteiger partial charge in [0.25, 0.3) is 5.91 Å². The van der Waals surface area contributed by atoms with E-state index in [1.807, 2.05) is 7.05 Å². The summed E-state index contributed by atoms with van der Waals surface area (Å²) in [5, 5.41) is 8.16. The molecule has 1 saturated heterocycles. The molecule has 0 radical (unpaired) electrons. The molecule has 22 heavy (non-hydrogen) atoms. The van der Waals surface area contributed by atoms with Gasteiger partial charge in [0.1, 0.15) is 5.82 Å². The Kier molecular flexibility index (Phi) is 5.21. The Morgan fingerprint density at radius 1 is 1.50 bits per heavy atom. The highest BCUT2D eigenvalue weighted by Gasteiger charge is 2.27. The van der Waals surface area contributed by atoms with Crippen LogP contribution in [0.5, 0.6) is 0 Å². The lowest BCUT2D eigenvalue weighted by Crippen LogP contribution is -2.47. The lowest BCUT2D eigenvalue weighted by Gasteiger charge is -2.33. The molecule has 3 N–H and O–H groups in total. The predicted molar refractivity (Wildman–Crippen MR) is 83.5 cm³/mol. The number of sulfonamides is 1. The molecule has 9 heteroatoms. The van der Waals surface area contributed by atoms with Crippen LogP contribution in [0.15, 0.2) is 21.5 Å². The molecule has 1 unspecified atom stereocenters. The van der Waals surface area contributed by atoms with Crippen molar-refractivity contribution in [3.63, 3.8) is 0 Å². The fraction of sp³-hybridized carbons (Fsp3) is 0.462. The number of nitrogens with two attached hydrogens (primary N) is 1. The van der Waals surface area contributed by atoms with Crippen molar-refractivity contribution in [2.45, 2.75) is 23.8 Å². The number of rotatable bonds is 3. The number of benzene rings is 1. The zero-order valence-electron chi connectivity index (χ0n) is 12.0. The van der Waals surface area contributed by atoms with Crippen LogP contribution in [0.2, 0.25) is 0 Å².